The first-order valence-electron chi connectivity index (χ1n) is 12.4. The molecule has 206 valence electrons. The molecule has 0 spiro atoms. The van der Waals surface area contributed by atoms with Gasteiger partial charge in [0.05, 0.1) is 36.3 Å². The van der Waals surface area contributed by atoms with E-state index in [0.29, 0.717) is 34.0 Å². The monoisotopic (exact) mass is 546 g/mol. The number of ether oxygens (including phenoxy) is 3. The molecular formula is C29H27FN4O6. The normalized spacial score (nSPS) is 15.6. The number of carbonyl (C=O) groups is 3. The summed E-state index contributed by atoms with van der Waals surface area (Å²) in [5, 5.41) is 2.81. The van der Waals surface area contributed by atoms with Crippen LogP contribution in [0.2, 0.25) is 0 Å². The van der Waals surface area contributed by atoms with Gasteiger partial charge in [-0.2, -0.15) is 0 Å². The lowest BCUT2D eigenvalue weighted by molar-refractivity contribution is -0.119. The van der Waals surface area contributed by atoms with E-state index in [-0.39, 0.29) is 42.1 Å². The first-order valence-corrected chi connectivity index (χ1v) is 12.4. The summed E-state index contributed by atoms with van der Waals surface area (Å²) < 4.78 is 31.0. The second kappa shape index (κ2) is 10.8. The van der Waals surface area contributed by atoms with Gasteiger partial charge in [0, 0.05) is 24.4 Å². The van der Waals surface area contributed by atoms with Crippen LogP contribution in [0.3, 0.4) is 0 Å². The third-order valence-electron chi connectivity index (χ3n) is 6.61. The van der Waals surface area contributed by atoms with Gasteiger partial charge in [-0.1, -0.05) is 6.07 Å². The van der Waals surface area contributed by atoms with Crippen LogP contribution in [0.25, 0.3) is 0 Å². The number of hydrogen-bond donors (Lipinski definition) is 1. The van der Waals surface area contributed by atoms with Crippen LogP contribution in [0.15, 0.2) is 59.6 Å². The van der Waals surface area contributed by atoms with Gasteiger partial charge in [-0.25, -0.2) is 9.18 Å². The Morgan fingerprint density at radius 3 is 2.50 bits per heavy atom. The number of amides is 2. The highest BCUT2D eigenvalue weighted by atomic mass is 19.1. The number of likely N-dealkylation sites (N-methyl/N-ethyl adjacent to an activating group) is 2. The van der Waals surface area contributed by atoms with Crippen LogP contribution < -0.4 is 19.7 Å². The van der Waals surface area contributed by atoms with Crippen molar-refractivity contribution in [1.82, 2.24) is 4.90 Å². The molecule has 3 aromatic rings. The van der Waals surface area contributed by atoms with E-state index in [0.717, 1.165) is 0 Å². The Labute approximate surface area is 230 Å². The number of fused-ring (bicyclic) bond motifs is 2. The van der Waals surface area contributed by atoms with Crippen molar-refractivity contribution in [2.75, 3.05) is 51.8 Å². The molecule has 0 aromatic heterocycles. The van der Waals surface area contributed by atoms with E-state index in [2.05, 4.69) is 5.32 Å². The fraction of sp³-hybridized carbons (Fsp3) is 0.241. The van der Waals surface area contributed by atoms with Gasteiger partial charge >= 0.3 is 5.97 Å². The predicted octanol–water partition coefficient (Wildman–Crippen LogP) is 3.72. The molecule has 0 aliphatic carbocycles. The molecule has 1 N–H and O–H groups in total. The van der Waals surface area contributed by atoms with Crippen molar-refractivity contribution < 1.29 is 33.0 Å². The summed E-state index contributed by atoms with van der Waals surface area (Å²) in [5.74, 6) is -1.62. The summed E-state index contributed by atoms with van der Waals surface area (Å²) in [6.45, 7) is 0.194. The molecular weight excluding hydrogens is 519 g/mol. The molecule has 1 atom stereocenters. The topological polar surface area (TPSA) is 110 Å². The van der Waals surface area contributed by atoms with Crippen molar-refractivity contribution in [3.63, 3.8) is 0 Å². The molecule has 0 saturated carbocycles. The summed E-state index contributed by atoms with van der Waals surface area (Å²) in [4.78, 5) is 45.5. The summed E-state index contributed by atoms with van der Waals surface area (Å²) in [6.07, 6.45) is 0. The molecule has 5 rings (SSSR count). The molecule has 0 radical (unpaired) electrons. The van der Waals surface area contributed by atoms with Gasteiger partial charge in [0.15, 0.2) is 11.5 Å². The van der Waals surface area contributed by atoms with Crippen molar-refractivity contribution in [3.8, 4) is 11.5 Å². The zero-order valence-corrected chi connectivity index (χ0v) is 22.4. The van der Waals surface area contributed by atoms with Gasteiger partial charge in [0.25, 0.3) is 0 Å². The maximum absolute atomic E-state index is 15.2. The Balaban J connectivity index is 1.58. The molecule has 1 unspecified atom stereocenters. The van der Waals surface area contributed by atoms with E-state index in [1.807, 2.05) is 0 Å². The lowest BCUT2D eigenvalue weighted by atomic mass is 9.90. The zero-order chi connectivity index (χ0) is 28.6. The van der Waals surface area contributed by atoms with Gasteiger partial charge in [0.2, 0.25) is 18.6 Å². The second-order valence-corrected chi connectivity index (χ2v) is 9.61. The number of halogens is 1. The van der Waals surface area contributed by atoms with Crippen LogP contribution in [0.5, 0.6) is 11.5 Å². The van der Waals surface area contributed by atoms with E-state index in [9.17, 15) is 14.4 Å². The van der Waals surface area contributed by atoms with Crippen LogP contribution in [-0.2, 0) is 14.3 Å². The Morgan fingerprint density at radius 2 is 1.77 bits per heavy atom. The number of anilines is 2. The van der Waals surface area contributed by atoms with Gasteiger partial charge in [-0.05, 0) is 62.1 Å². The van der Waals surface area contributed by atoms with Crippen molar-refractivity contribution in [3.05, 3.63) is 77.1 Å². The fourth-order valence-electron chi connectivity index (χ4n) is 4.62. The zero-order valence-electron chi connectivity index (χ0n) is 22.4. The lowest BCUT2D eigenvalue weighted by Crippen LogP contribution is -2.35. The Morgan fingerprint density at radius 1 is 1.02 bits per heavy atom. The molecule has 40 heavy (non-hydrogen) atoms. The van der Waals surface area contributed by atoms with Crippen LogP contribution >= 0.6 is 0 Å². The lowest BCUT2D eigenvalue weighted by Gasteiger charge is -2.20. The van der Waals surface area contributed by atoms with E-state index in [4.69, 9.17) is 19.2 Å². The average molecular weight is 547 g/mol. The maximum Gasteiger partial charge on any atom is 0.337 e. The predicted molar refractivity (Wildman–Crippen MR) is 146 cm³/mol. The largest absolute Gasteiger partial charge is 0.465 e. The Hall–Kier alpha value is -4.77. The molecule has 0 saturated heterocycles. The second-order valence-electron chi connectivity index (χ2n) is 9.61. The van der Waals surface area contributed by atoms with E-state index < -0.39 is 17.7 Å². The summed E-state index contributed by atoms with van der Waals surface area (Å²) in [7, 11) is 6.30. The van der Waals surface area contributed by atoms with Crippen molar-refractivity contribution in [2.24, 2.45) is 4.99 Å². The number of nitrogens with one attached hydrogen (secondary N) is 1. The maximum atomic E-state index is 15.2. The molecule has 10 nitrogen and oxygen atoms in total. The number of esters is 1. The summed E-state index contributed by atoms with van der Waals surface area (Å²) >= 11 is 0. The number of benzene rings is 3. The third-order valence-corrected chi connectivity index (χ3v) is 6.61. The Kier molecular flexibility index (Phi) is 7.22. The van der Waals surface area contributed by atoms with Gasteiger partial charge < -0.3 is 29.3 Å². The number of methoxy groups -OCH3 is 1. The molecule has 2 aliphatic heterocycles. The number of nitrogens with zero attached hydrogens (tertiary/aromatic N) is 3. The number of rotatable bonds is 7. The van der Waals surface area contributed by atoms with Gasteiger partial charge in [0.1, 0.15) is 11.7 Å². The fourth-order valence-corrected chi connectivity index (χ4v) is 4.62. The first kappa shape index (κ1) is 26.8. The molecule has 3 aromatic carbocycles. The third kappa shape index (κ3) is 5.10. The molecule has 2 aliphatic rings. The smallest absolute Gasteiger partial charge is 0.337 e. The van der Waals surface area contributed by atoms with Crippen LogP contribution in [0.4, 0.5) is 21.5 Å². The highest BCUT2D eigenvalue weighted by molar-refractivity contribution is 6.24. The van der Waals surface area contributed by atoms with E-state index >= 15 is 4.39 Å². The molecule has 2 heterocycles. The number of hydrogen-bond acceptors (Lipinski definition) is 8. The number of carbonyl (C=O) groups excluding carboxylic acids is 3. The molecule has 2 amide bonds. The van der Waals surface area contributed by atoms with Gasteiger partial charge in [-0.15, -0.1) is 0 Å². The van der Waals surface area contributed by atoms with E-state index in [1.165, 1.54) is 31.2 Å². The van der Waals surface area contributed by atoms with Crippen molar-refractivity contribution in [1.29, 1.82) is 0 Å². The van der Waals surface area contributed by atoms with Crippen molar-refractivity contribution in [2.45, 2.75) is 5.92 Å². The quantitative estimate of drug-likeness (QED) is 0.355. The van der Waals surface area contributed by atoms with Gasteiger partial charge in [-0.3, -0.25) is 14.6 Å². The highest BCUT2D eigenvalue weighted by Crippen LogP contribution is 2.40. The minimum atomic E-state index is -0.867. The van der Waals surface area contributed by atoms with Crippen LogP contribution in [0.1, 0.15) is 27.4 Å². The van der Waals surface area contributed by atoms with E-state index in [1.54, 1.807) is 61.5 Å². The summed E-state index contributed by atoms with van der Waals surface area (Å²) in [6, 6.07) is 14.2. The molecule has 0 fully saturated rings. The highest BCUT2D eigenvalue weighted by Gasteiger charge is 2.36. The molecule has 0 bridgehead atoms. The minimum absolute atomic E-state index is 0.0705. The standard InChI is InChI=1S/C29H27FN4O6/c1-33(2)14-25(35)34(3)22-9-7-18(13-20(22)30)31-27(16-6-10-23-24(12-16)40-15-39-23)26-19-8-5-17(29(37)38-4)11-21(19)32-28(26)36/h5-13,26H,14-15H2,1-4H3,(H,32,36). The summed E-state index contributed by atoms with van der Waals surface area (Å²) in [5.41, 5.74) is 2.59. The van der Waals surface area contributed by atoms with Crippen LogP contribution in [-0.4, -0.2) is 70.0 Å². The van der Waals surface area contributed by atoms with Crippen LogP contribution in [0, 0.1) is 5.82 Å². The molecule has 11 heteroatoms. The minimum Gasteiger partial charge on any atom is -0.465 e. The van der Waals surface area contributed by atoms with Crippen molar-refractivity contribution >= 4 is 40.6 Å². The SMILES string of the molecule is COC(=O)c1ccc2c(c1)NC(=O)C2C(=Nc1ccc(N(C)C(=O)CN(C)C)c(F)c1)c1ccc2c(c1)OCO2. The Bertz CT molecular complexity index is 1550. The first-order chi connectivity index (χ1) is 19.2. The number of aliphatic imine (C=N–C) groups is 1. The average Bonchev–Trinajstić information content (AvgIpc) is 3.53.